The third-order valence-electron chi connectivity index (χ3n) is 4.53. The van der Waals surface area contributed by atoms with Crippen LogP contribution in [0.3, 0.4) is 0 Å². The number of para-hydroxylation sites is 1. The highest BCUT2D eigenvalue weighted by Gasteiger charge is 2.20. The fourth-order valence-corrected chi connectivity index (χ4v) is 2.59. The van der Waals surface area contributed by atoms with Gasteiger partial charge in [-0.05, 0) is 44.1 Å². The van der Waals surface area contributed by atoms with E-state index in [1.54, 1.807) is 0 Å². The molecule has 2 aliphatic rings. The van der Waals surface area contributed by atoms with Crippen molar-refractivity contribution < 1.29 is 4.74 Å². The molecule has 4 nitrogen and oxygen atoms in total. The van der Waals surface area contributed by atoms with Crippen LogP contribution in [0.2, 0.25) is 0 Å². The van der Waals surface area contributed by atoms with Gasteiger partial charge in [-0.3, -0.25) is 0 Å². The molecule has 0 aliphatic heterocycles. The van der Waals surface area contributed by atoms with Crippen LogP contribution in [0.25, 0.3) is 0 Å². The maximum absolute atomic E-state index is 6.01. The van der Waals surface area contributed by atoms with Gasteiger partial charge in [0.15, 0.2) is 5.96 Å². The molecule has 2 fully saturated rings. The number of nitrogens with zero attached hydrogens (tertiary/aromatic N) is 1. The number of nitrogens with two attached hydrogens (primary N) is 1. The summed E-state index contributed by atoms with van der Waals surface area (Å²) in [5.74, 6) is 2.28. The summed E-state index contributed by atoms with van der Waals surface area (Å²) in [7, 11) is 0. The third kappa shape index (κ3) is 4.76. The van der Waals surface area contributed by atoms with E-state index in [1.807, 2.05) is 18.2 Å². The Morgan fingerprint density at radius 2 is 1.91 bits per heavy atom. The van der Waals surface area contributed by atoms with Crippen LogP contribution in [0.1, 0.15) is 44.1 Å². The lowest BCUT2D eigenvalue weighted by atomic mass is 9.85. The Labute approximate surface area is 149 Å². The van der Waals surface area contributed by atoms with E-state index in [1.165, 1.54) is 38.5 Å². The van der Waals surface area contributed by atoms with Crippen molar-refractivity contribution in [1.29, 1.82) is 0 Å². The summed E-state index contributed by atoms with van der Waals surface area (Å²) in [6, 6.07) is 8.13. The Bertz CT molecular complexity index is 498. The minimum atomic E-state index is 0. The highest BCUT2D eigenvalue weighted by molar-refractivity contribution is 14.0. The van der Waals surface area contributed by atoms with Gasteiger partial charge in [0.05, 0.1) is 12.6 Å². The van der Waals surface area contributed by atoms with Gasteiger partial charge in [-0.1, -0.05) is 24.6 Å². The molecule has 0 spiro atoms. The monoisotopic (exact) mass is 415 g/mol. The maximum Gasteiger partial charge on any atom is 0.188 e. The van der Waals surface area contributed by atoms with Crippen LogP contribution in [-0.4, -0.2) is 18.6 Å². The average Bonchev–Trinajstić information content (AvgIpc) is 2.40. The Balaban J connectivity index is 0.00000176. The molecule has 0 heterocycles. The molecule has 0 aromatic heterocycles. The molecule has 0 amide bonds. The van der Waals surface area contributed by atoms with E-state index in [2.05, 4.69) is 16.4 Å². The summed E-state index contributed by atoms with van der Waals surface area (Å²) in [5, 5.41) is 3.22. The number of ether oxygens (including phenoxy) is 1. The SMILES string of the molecule is I.NC(=NCc1ccccc1OC1CCC1)NCC1CCC1. The van der Waals surface area contributed by atoms with E-state index in [-0.39, 0.29) is 24.0 Å². The fourth-order valence-electron chi connectivity index (χ4n) is 2.59. The van der Waals surface area contributed by atoms with Crippen molar-refractivity contribution in [2.24, 2.45) is 16.6 Å². The number of halogens is 1. The van der Waals surface area contributed by atoms with Crippen LogP contribution in [0.4, 0.5) is 0 Å². The Kier molecular flexibility index (Phi) is 6.79. The van der Waals surface area contributed by atoms with Crippen LogP contribution in [0.15, 0.2) is 29.3 Å². The fraction of sp³-hybridized carbons (Fsp3) is 0.588. The van der Waals surface area contributed by atoms with Crippen LogP contribution in [-0.2, 0) is 6.54 Å². The zero-order valence-corrected chi connectivity index (χ0v) is 15.3. The second-order valence-corrected chi connectivity index (χ2v) is 6.16. The Morgan fingerprint density at radius 1 is 1.18 bits per heavy atom. The molecule has 1 aromatic carbocycles. The van der Waals surface area contributed by atoms with Gasteiger partial charge in [-0.15, -0.1) is 24.0 Å². The van der Waals surface area contributed by atoms with Crippen molar-refractivity contribution in [3.63, 3.8) is 0 Å². The van der Waals surface area contributed by atoms with E-state index < -0.39 is 0 Å². The predicted molar refractivity (Wildman–Crippen MR) is 101 cm³/mol. The number of guanidine groups is 1. The molecule has 0 saturated heterocycles. The summed E-state index contributed by atoms with van der Waals surface area (Å²) in [6.45, 7) is 1.53. The lowest BCUT2D eigenvalue weighted by Gasteiger charge is -2.27. The Hall–Kier alpha value is -0.980. The number of benzene rings is 1. The zero-order valence-electron chi connectivity index (χ0n) is 13.0. The molecule has 3 rings (SSSR count). The number of hydrogen-bond donors (Lipinski definition) is 2. The van der Waals surface area contributed by atoms with Crippen LogP contribution in [0.5, 0.6) is 5.75 Å². The van der Waals surface area contributed by atoms with Gasteiger partial charge >= 0.3 is 0 Å². The van der Waals surface area contributed by atoms with Crippen LogP contribution in [0, 0.1) is 5.92 Å². The molecule has 0 radical (unpaired) electrons. The van der Waals surface area contributed by atoms with Crippen LogP contribution < -0.4 is 15.8 Å². The molecule has 0 unspecified atom stereocenters. The van der Waals surface area contributed by atoms with Crippen molar-refractivity contribution in [2.45, 2.75) is 51.2 Å². The predicted octanol–water partition coefficient (Wildman–Crippen LogP) is 3.44. The van der Waals surface area contributed by atoms with E-state index in [9.17, 15) is 0 Å². The van der Waals surface area contributed by atoms with Gasteiger partial charge < -0.3 is 15.8 Å². The topological polar surface area (TPSA) is 59.6 Å². The highest BCUT2D eigenvalue weighted by atomic mass is 127. The quantitative estimate of drug-likeness (QED) is 0.425. The summed E-state index contributed by atoms with van der Waals surface area (Å²) in [4.78, 5) is 4.44. The largest absolute Gasteiger partial charge is 0.490 e. The first-order chi connectivity index (χ1) is 10.3. The lowest BCUT2D eigenvalue weighted by Crippen LogP contribution is -2.37. The van der Waals surface area contributed by atoms with E-state index >= 15 is 0 Å². The van der Waals surface area contributed by atoms with Crippen molar-refractivity contribution in [2.75, 3.05) is 6.54 Å². The number of rotatable bonds is 6. The normalized spacial score (nSPS) is 18.8. The van der Waals surface area contributed by atoms with Gasteiger partial charge in [0, 0.05) is 12.1 Å². The van der Waals surface area contributed by atoms with Gasteiger partial charge in [0.2, 0.25) is 0 Å². The second-order valence-electron chi connectivity index (χ2n) is 6.16. The zero-order chi connectivity index (χ0) is 14.5. The minimum absolute atomic E-state index is 0. The maximum atomic E-state index is 6.01. The molecule has 122 valence electrons. The summed E-state index contributed by atoms with van der Waals surface area (Å²) >= 11 is 0. The molecule has 22 heavy (non-hydrogen) atoms. The molecular weight excluding hydrogens is 389 g/mol. The van der Waals surface area contributed by atoms with Gasteiger partial charge in [-0.2, -0.15) is 0 Å². The highest BCUT2D eigenvalue weighted by Crippen LogP contribution is 2.28. The van der Waals surface area contributed by atoms with Crippen molar-refractivity contribution in [1.82, 2.24) is 5.32 Å². The summed E-state index contributed by atoms with van der Waals surface area (Å²) in [5.41, 5.74) is 7.04. The standard InChI is InChI=1S/C17H25N3O.HI/c18-17(19-11-13-5-3-6-13)20-12-14-7-1-2-10-16(14)21-15-8-4-9-15;/h1-2,7,10,13,15H,3-6,8-9,11-12H2,(H3,18,19,20);1H. The number of aliphatic imine (C=N–C) groups is 1. The first-order valence-corrected chi connectivity index (χ1v) is 8.09. The smallest absolute Gasteiger partial charge is 0.188 e. The minimum Gasteiger partial charge on any atom is -0.490 e. The first-order valence-electron chi connectivity index (χ1n) is 8.09. The molecule has 1 aromatic rings. The van der Waals surface area contributed by atoms with E-state index in [0.29, 0.717) is 18.6 Å². The molecule has 0 atom stereocenters. The second kappa shape index (κ2) is 8.60. The van der Waals surface area contributed by atoms with Crippen molar-refractivity contribution in [3.8, 4) is 5.75 Å². The van der Waals surface area contributed by atoms with Crippen LogP contribution >= 0.6 is 24.0 Å². The van der Waals surface area contributed by atoms with Gasteiger partial charge in [0.25, 0.3) is 0 Å². The third-order valence-corrected chi connectivity index (χ3v) is 4.53. The molecule has 3 N–H and O–H groups in total. The average molecular weight is 415 g/mol. The summed E-state index contributed by atoms with van der Waals surface area (Å²) in [6.07, 6.45) is 8.00. The molecule has 2 aliphatic carbocycles. The van der Waals surface area contributed by atoms with Gasteiger partial charge in [-0.25, -0.2) is 4.99 Å². The number of hydrogen-bond acceptors (Lipinski definition) is 2. The lowest BCUT2D eigenvalue weighted by molar-refractivity contribution is 0.119. The van der Waals surface area contributed by atoms with Crippen molar-refractivity contribution >= 4 is 29.9 Å². The van der Waals surface area contributed by atoms with Gasteiger partial charge in [0.1, 0.15) is 5.75 Å². The molecular formula is C17H26IN3O. The van der Waals surface area contributed by atoms with E-state index in [4.69, 9.17) is 10.5 Å². The van der Waals surface area contributed by atoms with Crippen molar-refractivity contribution in [3.05, 3.63) is 29.8 Å². The summed E-state index contributed by atoms with van der Waals surface area (Å²) < 4.78 is 6.01. The molecule has 2 saturated carbocycles. The molecule has 5 heteroatoms. The Morgan fingerprint density at radius 3 is 2.55 bits per heavy atom. The number of nitrogens with one attached hydrogen (secondary N) is 1. The molecule has 0 bridgehead atoms. The van der Waals surface area contributed by atoms with E-state index in [0.717, 1.165) is 23.8 Å². The first kappa shape index (κ1) is 17.4.